The van der Waals surface area contributed by atoms with Gasteiger partial charge in [-0.25, -0.2) is 13.1 Å². The highest BCUT2D eigenvalue weighted by Crippen LogP contribution is 2.20. The molecule has 0 heterocycles. The average molecular weight is 312 g/mol. The van der Waals surface area contributed by atoms with Crippen LogP contribution in [0.3, 0.4) is 0 Å². The summed E-state index contributed by atoms with van der Waals surface area (Å²) in [6.45, 7) is -0.147. The minimum atomic E-state index is -3.59. The Morgan fingerprint density at radius 2 is 1.78 bits per heavy atom. The van der Waals surface area contributed by atoms with Gasteiger partial charge in [-0.1, -0.05) is 23.2 Å². The topological polar surface area (TPSA) is 83.5 Å². The van der Waals surface area contributed by atoms with Gasteiger partial charge in [0.15, 0.2) is 0 Å². The van der Waals surface area contributed by atoms with Gasteiger partial charge in [0.1, 0.15) is 0 Å². The van der Waals surface area contributed by atoms with Crippen LogP contribution in [0.5, 0.6) is 0 Å². The number of halogens is 2. The van der Waals surface area contributed by atoms with Gasteiger partial charge < -0.3 is 5.11 Å². The second-order valence-corrected chi connectivity index (χ2v) is 6.25. The molecule has 0 fully saturated rings. The molecule has 0 aromatic heterocycles. The fourth-order valence-corrected chi connectivity index (χ4v) is 2.97. The van der Waals surface area contributed by atoms with Gasteiger partial charge in [-0.05, 0) is 23.8 Å². The van der Waals surface area contributed by atoms with Crippen molar-refractivity contribution in [3.8, 4) is 0 Å². The maximum absolute atomic E-state index is 11.6. The summed E-state index contributed by atoms with van der Waals surface area (Å²) in [4.78, 5) is 10.3. The van der Waals surface area contributed by atoms with Crippen molar-refractivity contribution in [1.29, 1.82) is 0 Å². The molecule has 18 heavy (non-hydrogen) atoms. The Labute approximate surface area is 115 Å². The van der Waals surface area contributed by atoms with E-state index in [-0.39, 0.29) is 18.7 Å². The molecule has 0 aliphatic heterocycles. The number of hydrogen-bond donors (Lipinski definition) is 2. The Hall–Kier alpha value is -0.820. The number of carbonyl (C=O) groups is 1. The molecule has 1 rings (SSSR count). The largest absolute Gasteiger partial charge is 0.481 e. The number of benzene rings is 1. The molecule has 0 spiro atoms. The lowest BCUT2D eigenvalue weighted by molar-refractivity contribution is -0.136. The summed E-state index contributed by atoms with van der Waals surface area (Å²) in [6, 6.07) is 4.48. The maximum Gasteiger partial charge on any atom is 0.304 e. The van der Waals surface area contributed by atoms with Crippen LogP contribution < -0.4 is 4.72 Å². The van der Waals surface area contributed by atoms with Crippen molar-refractivity contribution in [3.05, 3.63) is 33.8 Å². The van der Waals surface area contributed by atoms with E-state index >= 15 is 0 Å². The number of sulfonamides is 1. The van der Waals surface area contributed by atoms with E-state index in [0.717, 1.165) is 0 Å². The van der Waals surface area contributed by atoms with E-state index in [1.54, 1.807) is 0 Å². The molecule has 0 atom stereocenters. The molecule has 100 valence electrons. The molecule has 0 saturated heterocycles. The molecule has 1 aromatic carbocycles. The third kappa shape index (κ3) is 5.68. The first-order valence-electron chi connectivity index (χ1n) is 4.92. The molecule has 0 saturated carbocycles. The number of rotatable bonds is 6. The highest BCUT2D eigenvalue weighted by Gasteiger charge is 2.12. The minimum Gasteiger partial charge on any atom is -0.481 e. The van der Waals surface area contributed by atoms with Crippen molar-refractivity contribution in [2.24, 2.45) is 0 Å². The van der Waals surface area contributed by atoms with Crippen LogP contribution in [0.1, 0.15) is 12.0 Å². The molecule has 0 bridgehead atoms. The summed E-state index contributed by atoms with van der Waals surface area (Å²) in [5.74, 6) is -1.36. The normalized spacial score (nSPS) is 11.4. The highest BCUT2D eigenvalue weighted by molar-refractivity contribution is 7.88. The maximum atomic E-state index is 11.6. The van der Waals surface area contributed by atoms with Crippen molar-refractivity contribution in [2.75, 3.05) is 6.54 Å². The van der Waals surface area contributed by atoms with Crippen molar-refractivity contribution in [2.45, 2.75) is 12.2 Å². The van der Waals surface area contributed by atoms with Gasteiger partial charge in [0, 0.05) is 16.6 Å². The van der Waals surface area contributed by atoms with Gasteiger partial charge in [-0.15, -0.1) is 0 Å². The molecule has 2 N–H and O–H groups in total. The van der Waals surface area contributed by atoms with Gasteiger partial charge in [-0.3, -0.25) is 4.79 Å². The lowest BCUT2D eigenvalue weighted by atomic mass is 10.2. The molecule has 5 nitrogen and oxygen atoms in total. The van der Waals surface area contributed by atoms with Gasteiger partial charge >= 0.3 is 5.97 Å². The third-order valence-electron chi connectivity index (χ3n) is 1.94. The quantitative estimate of drug-likeness (QED) is 0.840. The lowest BCUT2D eigenvalue weighted by Crippen LogP contribution is -2.27. The molecule has 0 unspecified atom stereocenters. The standard InChI is InChI=1S/C10H11Cl2NO4S/c11-8-3-7(4-9(12)5-8)6-18(16,17)13-2-1-10(14)15/h3-5,13H,1-2,6H2,(H,14,15). The Bertz CT molecular complexity index is 525. The zero-order chi connectivity index (χ0) is 13.8. The third-order valence-corrected chi connectivity index (χ3v) is 3.73. The molecule has 0 aliphatic rings. The number of nitrogens with one attached hydrogen (secondary N) is 1. The van der Waals surface area contributed by atoms with Crippen LogP contribution in [0.25, 0.3) is 0 Å². The molecule has 0 radical (unpaired) electrons. The summed E-state index contributed by atoms with van der Waals surface area (Å²) < 4.78 is 25.4. The van der Waals surface area contributed by atoms with Crippen molar-refractivity contribution in [3.63, 3.8) is 0 Å². The van der Waals surface area contributed by atoms with Crippen LogP contribution in [0.2, 0.25) is 10.0 Å². The predicted octanol–water partition coefficient (Wildman–Crippen LogP) is 1.89. The lowest BCUT2D eigenvalue weighted by Gasteiger charge is -2.06. The molecular formula is C10H11Cl2NO4S. The van der Waals surface area contributed by atoms with E-state index in [4.69, 9.17) is 28.3 Å². The second-order valence-electron chi connectivity index (χ2n) is 3.57. The van der Waals surface area contributed by atoms with E-state index in [1.807, 2.05) is 0 Å². The predicted molar refractivity (Wildman–Crippen MR) is 69.3 cm³/mol. The van der Waals surface area contributed by atoms with Crippen molar-refractivity contribution >= 4 is 39.2 Å². The van der Waals surface area contributed by atoms with Gasteiger partial charge in [-0.2, -0.15) is 0 Å². The van der Waals surface area contributed by atoms with Crippen LogP contribution in [0, 0.1) is 0 Å². The highest BCUT2D eigenvalue weighted by atomic mass is 35.5. The van der Waals surface area contributed by atoms with Gasteiger partial charge in [0.2, 0.25) is 10.0 Å². The number of carboxylic acid groups (broad SMARTS) is 1. The SMILES string of the molecule is O=C(O)CCNS(=O)(=O)Cc1cc(Cl)cc(Cl)c1. The summed E-state index contributed by atoms with van der Waals surface area (Å²) in [7, 11) is -3.59. The molecular weight excluding hydrogens is 301 g/mol. The summed E-state index contributed by atoms with van der Waals surface area (Å²) in [5, 5.41) is 9.09. The van der Waals surface area contributed by atoms with Gasteiger partial charge in [0.05, 0.1) is 12.2 Å². The molecule has 0 aliphatic carbocycles. The smallest absolute Gasteiger partial charge is 0.304 e. The van der Waals surface area contributed by atoms with Crippen molar-refractivity contribution in [1.82, 2.24) is 4.72 Å². The molecule has 1 aromatic rings. The monoisotopic (exact) mass is 311 g/mol. The van der Waals surface area contributed by atoms with E-state index in [2.05, 4.69) is 4.72 Å². The van der Waals surface area contributed by atoms with E-state index in [1.165, 1.54) is 18.2 Å². The Kier molecular flexibility index (Phi) is 5.40. The van der Waals surface area contributed by atoms with Crippen molar-refractivity contribution < 1.29 is 18.3 Å². The first-order valence-corrected chi connectivity index (χ1v) is 7.33. The zero-order valence-corrected chi connectivity index (χ0v) is 11.5. The van der Waals surface area contributed by atoms with Crippen LogP contribution in [0.15, 0.2) is 18.2 Å². The molecule has 0 amide bonds. The van der Waals surface area contributed by atoms with E-state index in [0.29, 0.717) is 15.6 Å². The van der Waals surface area contributed by atoms with Gasteiger partial charge in [0.25, 0.3) is 0 Å². The van der Waals surface area contributed by atoms with Crippen LogP contribution in [-0.2, 0) is 20.6 Å². The zero-order valence-electron chi connectivity index (χ0n) is 9.19. The minimum absolute atomic E-state index is 0.147. The summed E-state index contributed by atoms with van der Waals surface area (Å²) >= 11 is 11.5. The Morgan fingerprint density at radius 1 is 1.22 bits per heavy atom. The van der Waals surface area contributed by atoms with Crippen LogP contribution in [-0.4, -0.2) is 26.0 Å². The van der Waals surface area contributed by atoms with E-state index < -0.39 is 16.0 Å². The number of hydrogen-bond acceptors (Lipinski definition) is 3. The van der Waals surface area contributed by atoms with Crippen LogP contribution in [0.4, 0.5) is 0 Å². The fourth-order valence-electron chi connectivity index (χ4n) is 1.28. The second kappa shape index (κ2) is 6.38. The number of carboxylic acids is 1. The summed E-state index contributed by atoms with van der Waals surface area (Å²) in [6.07, 6.45) is -0.268. The molecule has 8 heteroatoms. The fraction of sp³-hybridized carbons (Fsp3) is 0.300. The summed E-state index contributed by atoms with van der Waals surface area (Å²) in [5.41, 5.74) is 0.440. The van der Waals surface area contributed by atoms with Crippen LogP contribution >= 0.6 is 23.2 Å². The average Bonchev–Trinajstić information content (AvgIpc) is 2.12. The number of aliphatic carboxylic acids is 1. The first kappa shape index (κ1) is 15.2. The Balaban J connectivity index is 2.67. The van der Waals surface area contributed by atoms with E-state index in [9.17, 15) is 13.2 Å². The Morgan fingerprint density at radius 3 is 2.28 bits per heavy atom. The first-order chi connectivity index (χ1) is 8.28.